The van der Waals surface area contributed by atoms with Crippen molar-refractivity contribution in [3.8, 4) is 17.2 Å². The summed E-state index contributed by atoms with van der Waals surface area (Å²) in [7, 11) is 0. The zero-order chi connectivity index (χ0) is 32.1. The van der Waals surface area contributed by atoms with Gasteiger partial charge in [0.05, 0.1) is 17.2 Å². The monoisotopic (exact) mass is 656 g/mol. The second-order valence-corrected chi connectivity index (χ2v) is 13.6. The van der Waals surface area contributed by atoms with Crippen molar-refractivity contribution >= 4 is 39.9 Å². The van der Waals surface area contributed by atoms with Crippen LogP contribution in [-0.4, -0.2) is 65.0 Å². The van der Waals surface area contributed by atoms with E-state index < -0.39 is 5.54 Å². The molecular formula is C37H42Cl2N6O. The van der Waals surface area contributed by atoms with Crippen molar-refractivity contribution in [3.05, 3.63) is 93.6 Å². The van der Waals surface area contributed by atoms with Crippen LogP contribution in [0.15, 0.2) is 66.9 Å². The molecule has 46 heavy (non-hydrogen) atoms. The predicted molar refractivity (Wildman–Crippen MR) is 187 cm³/mol. The molecule has 240 valence electrons. The Morgan fingerprint density at radius 1 is 0.913 bits per heavy atom. The van der Waals surface area contributed by atoms with Gasteiger partial charge in [0.25, 0.3) is 0 Å². The summed E-state index contributed by atoms with van der Waals surface area (Å²) in [6.07, 6.45) is 5.93. The van der Waals surface area contributed by atoms with E-state index in [1.54, 1.807) is 0 Å². The lowest BCUT2D eigenvalue weighted by Gasteiger charge is -2.35. The SMILES string of the molecule is N#Cc1ccc(-c2cn(CCCCC(=O)C3(N)CCNCC3)c3ccc(CN4CCN(Cc5c(Cl)cccc5Cl)CC4)cc23)cc1. The Hall–Kier alpha value is -3.22. The molecule has 3 heterocycles. The Labute approximate surface area is 281 Å². The summed E-state index contributed by atoms with van der Waals surface area (Å²) in [5.41, 5.74) is 12.2. The van der Waals surface area contributed by atoms with Crippen molar-refractivity contribution in [2.75, 3.05) is 39.3 Å². The molecule has 2 fully saturated rings. The second kappa shape index (κ2) is 14.7. The summed E-state index contributed by atoms with van der Waals surface area (Å²) in [5, 5.41) is 15.3. The number of hydrogen-bond acceptors (Lipinski definition) is 6. The van der Waals surface area contributed by atoms with Gasteiger partial charge in [0.15, 0.2) is 5.78 Å². The Morgan fingerprint density at radius 3 is 2.26 bits per heavy atom. The van der Waals surface area contributed by atoms with Crippen LogP contribution in [-0.2, 0) is 24.4 Å². The summed E-state index contributed by atoms with van der Waals surface area (Å²) >= 11 is 12.9. The fraction of sp³-hybridized carbons (Fsp3) is 0.405. The average Bonchev–Trinajstić information content (AvgIpc) is 3.43. The second-order valence-electron chi connectivity index (χ2n) is 12.8. The summed E-state index contributed by atoms with van der Waals surface area (Å²) < 4.78 is 2.32. The molecule has 2 aliphatic heterocycles. The number of benzene rings is 3. The normalized spacial score (nSPS) is 17.3. The molecule has 6 rings (SSSR count). The molecule has 3 aromatic carbocycles. The first-order chi connectivity index (χ1) is 22.3. The zero-order valence-corrected chi connectivity index (χ0v) is 27.8. The number of ketones is 1. The third-order valence-electron chi connectivity index (χ3n) is 9.69. The molecule has 0 atom stereocenters. The Bertz CT molecular complexity index is 1690. The molecule has 0 radical (unpaired) electrons. The maximum absolute atomic E-state index is 12.9. The van der Waals surface area contributed by atoms with Gasteiger partial charge in [-0.15, -0.1) is 0 Å². The van der Waals surface area contributed by atoms with Crippen LogP contribution in [0.1, 0.15) is 48.8 Å². The van der Waals surface area contributed by atoms with E-state index in [1.165, 1.54) is 16.5 Å². The molecular weight excluding hydrogens is 615 g/mol. The number of hydrogen-bond donors (Lipinski definition) is 2. The van der Waals surface area contributed by atoms with E-state index >= 15 is 0 Å². The van der Waals surface area contributed by atoms with Gasteiger partial charge in [-0.1, -0.05) is 47.5 Å². The van der Waals surface area contributed by atoms with E-state index in [4.69, 9.17) is 28.9 Å². The highest BCUT2D eigenvalue weighted by molar-refractivity contribution is 6.36. The fourth-order valence-corrected chi connectivity index (χ4v) is 7.34. The Balaban J connectivity index is 1.13. The van der Waals surface area contributed by atoms with E-state index in [0.29, 0.717) is 12.0 Å². The van der Waals surface area contributed by atoms with Gasteiger partial charge in [-0.25, -0.2) is 0 Å². The van der Waals surface area contributed by atoms with E-state index in [1.807, 2.05) is 42.5 Å². The first-order valence-corrected chi connectivity index (χ1v) is 17.1. The molecule has 0 aliphatic carbocycles. The smallest absolute Gasteiger partial charge is 0.152 e. The van der Waals surface area contributed by atoms with E-state index in [-0.39, 0.29) is 5.78 Å². The topological polar surface area (TPSA) is 90.3 Å². The number of nitriles is 1. The van der Waals surface area contributed by atoms with Crippen LogP contribution in [0.5, 0.6) is 0 Å². The van der Waals surface area contributed by atoms with Gasteiger partial charge >= 0.3 is 0 Å². The van der Waals surface area contributed by atoms with Crippen LogP contribution < -0.4 is 11.1 Å². The number of aromatic nitrogens is 1. The average molecular weight is 658 g/mol. The Kier molecular flexibility index (Phi) is 10.4. The van der Waals surface area contributed by atoms with Gasteiger partial charge in [-0.05, 0) is 86.3 Å². The van der Waals surface area contributed by atoms with Crippen molar-refractivity contribution in [2.24, 2.45) is 5.73 Å². The molecule has 1 aromatic heterocycles. The molecule has 2 saturated heterocycles. The minimum Gasteiger partial charge on any atom is -0.347 e. The Morgan fingerprint density at radius 2 is 1.59 bits per heavy atom. The van der Waals surface area contributed by atoms with Crippen LogP contribution >= 0.6 is 23.2 Å². The maximum atomic E-state index is 12.9. The van der Waals surface area contributed by atoms with Crippen LogP contribution in [0, 0.1) is 11.3 Å². The highest BCUT2D eigenvalue weighted by atomic mass is 35.5. The van der Waals surface area contributed by atoms with Crippen molar-refractivity contribution in [1.29, 1.82) is 5.26 Å². The number of rotatable bonds is 11. The standard InChI is InChI=1S/C37H42Cl2N6O/c38-33-4-3-5-34(39)32(33)25-44-20-18-43(19-21-44)24-28-9-12-35-30(22-28)31(29-10-7-27(23-40)8-11-29)26-45(35)17-2-1-6-36(46)37(41)13-15-42-16-14-37/h3-5,7-12,22,26,42H,1-2,6,13-21,24-25,41H2. The lowest BCUT2D eigenvalue weighted by atomic mass is 9.83. The van der Waals surface area contributed by atoms with Crippen molar-refractivity contribution < 1.29 is 4.79 Å². The van der Waals surface area contributed by atoms with Gasteiger partial charge in [0.1, 0.15) is 0 Å². The molecule has 0 unspecified atom stereocenters. The molecule has 7 nitrogen and oxygen atoms in total. The minimum absolute atomic E-state index is 0.197. The molecule has 4 aromatic rings. The number of unbranched alkanes of at least 4 members (excludes halogenated alkanes) is 1. The molecule has 0 saturated carbocycles. The first-order valence-electron chi connectivity index (χ1n) is 16.4. The van der Waals surface area contributed by atoms with Gasteiger partial charge in [0, 0.05) is 90.5 Å². The number of Topliss-reactive ketones (excluding diaryl/α,β-unsaturated/α-hetero) is 1. The van der Waals surface area contributed by atoms with Crippen LogP contribution in [0.25, 0.3) is 22.0 Å². The van der Waals surface area contributed by atoms with Crippen molar-refractivity contribution in [3.63, 3.8) is 0 Å². The van der Waals surface area contributed by atoms with Crippen molar-refractivity contribution in [2.45, 2.75) is 57.3 Å². The highest BCUT2D eigenvalue weighted by Crippen LogP contribution is 2.33. The van der Waals surface area contributed by atoms with Crippen LogP contribution in [0.3, 0.4) is 0 Å². The number of nitrogens with two attached hydrogens (primary N) is 1. The lowest BCUT2D eigenvalue weighted by molar-refractivity contribution is -0.125. The molecule has 3 N–H and O–H groups in total. The first kappa shape index (κ1) is 32.7. The summed E-state index contributed by atoms with van der Waals surface area (Å²) in [5.74, 6) is 0.197. The van der Waals surface area contributed by atoms with Gasteiger partial charge in [-0.3, -0.25) is 14.6 Å². The minimum atomic E-state index is -0.666. The molecule has 0 bridgehead atoms. The number of nitrogens with zero attached hydrogens (tertiary/aromatic N) is 4. The van der Waals surface area contributed by atoms with Gasteiger partial charge in [-0.2, -0.15) is 5.26 Å². The largest absolute Gasteiger partial charge is 0.347 e. The number of aryl methyl sites for hydroxylation is 1. The number of carbonyl (C=O) groups is 1. The molecule has 0 spiro atoms. The summed E-state index contributed by atoms with van der Waals surface area (Å²) in [6, 6.07) is 22.6. The number of piperidine rings is 1. The lowest BCUT2D eigenvalue weighted by Crippen LogP contribution is -2.54. The van der Waals surface area contributed by atoms with Crippen molar-refractivity contribution in [1.82, 2.24) is 19.7 Å². The van der Waals surface area contributed by atoms with Gasteiger partial charge < -0.3 is 15.6 Å². The zero-order valence-electron chi connectivity index (χ0n) is 26.3. The molecule has 2 aliphatic rings. The van der Waals surface area contributed by atoms with Crippen LogP contribution in [0.4, 0.5) is 0 Å². The van der Waals surface area contributed by atoms with E-state index in [0.717, 1.165) is 111 Å². The van der Waals surface area contributed by atoms with E-state index in [2.05, 4.69) is 50.1 Å². The predicted octanol–water partition coefficient (Wildman–Crippen LogP) is 6.62. The highest BCUT2D eigenvalue weighted by Gasteiger charge is 2.34. The maximum Gasteiger partial charge on any atom is 0.152 e. The number of piperazine rings is 1. The fourth-order valence-electron chi connectivity index (χ4n) is 6.82. The summed E-state index contributed by atoms with van der Waals surface area (Å²) in [6.45, 7) is 7.97. The number of nitrogens with one attached hydrogen (secondary N) is 1. The number of fused-ring (bicyclic) bond motifs is 1. The third-order valence-corrected chi connectivity index (χ3v) is 10.4. The number of carbonyl (C=O) groups excluding carboxylic acids is 1. The quantitative estimate of drug-likeness (QED) is 0.176. The number of halogens is 2. The summed E-state index contributed by atoms with van der Waals surface area (Å²) in [4.78, 5) is 17.8. The van der Waals surface area contributed by atoms with Crippen LogP contribution in [0.2, 0.25) is 10.0 Å². The molecule has 0 amide bonds. The third kappa shape index (κ3) is 7.50. The molecule has 9 heteroatoms. The van der Waals surface area contributed by atoms with E-state index in [9.17, 15) is 10.1 Å². The van der Waals surface area contributed by atoms with Gasteiger partial charge in [0.2, 0.25) is 0 Å².